The zero-order chi connectivity index (χ0) is 33.4. The molecule has 0 aromatic carbocycles. The molecule has 1 radical (unpaired) electrons. The number of carbonyl (C=O) groups is 2. The molecule has 269 valence electrons. The van der Waals surface area contributed by atoms with Crippen molar-refractivity contribution < 1.29 is 47.8 Å². The summed E-state index contributed by atoms with van der Waals surface area (Å²) in [5.74, 6) is -0.919. The zero-order valence-electron chi connectivity index (χ0n) is 29.6. The summed E-state index contributed by atoms with van der Waals surface area (Å²) in [7, 11) is -4.60. The van der Waals surface area contributed by atoms with Crippen molar-refractivity contribution >= 4 is 49.3 Å². The summed E-state index contributed by atoms with van der Waals surface area (Å²) in [6.45, 7) is 2.35. The molecule has 12 heteroatoms. The van der Waals surface area contributed by atoms with Gasteiger partial charge in [-0.15, -0.1) is 0 Å². The summed E-state index contributed by atoms with van der Waals surface area (Å²) in [4.78, 5) is 34.7. The molecule has 0 fully saturated rings. The molecule has 0 aromatic rings. The van der Waals surface area contributed by atoms with Crippen molar-refractivity contribution in [2.24, 2.45) is 0 Å². The van der Waals surface area contributed by atoms with E-state index in [1.165, 1.54) is 89.9 Å². The van der Waals surface area contributed by atoms with E-state index < -0.39 is 51.8 Å². The van der Waals surface area contributed by atoms with Crippen molar-refractivity contribution in [2.45, 2.75) is 180 Å². The van der Waals surface area contributed by atoms with Crippen LogP contribution in [0.5, 0.6) is 0 Å². The number of aliphatic hydroxyl groups excluding tert-OH is 2. The first-order valence-electron chi connectivity index (χ1n) is 18.0. The maximum absolute atomic E-state index is 12.5. The van der Waals surface area contributed by atoms with E-state index in [2.05, 4.69) is 18.4 Å². The van der Waals surface area contributed by atoms with Gasteiger partial charge in [0.05, 0.1) is 19.8 Å². The summed E-state index contributed by atoms with van der Waals surface area (Å²) >= 11 is 0. The Morgan fingerprint density at radius 3 is 1.37 bits per heavy atom. The Bertz CT molecular complexity index is 743. The molecule has 0 spiro atoms. The number of hydrogen-bond acceptors (Lipinski definition) is 9. The van der Waals surface area contributed by atoms with E-state index >= 15 is 0 Å². The molecule has 0 aliphatic carbocycles. The Morgan fingerprint density at radius 2 is 0.957 bits per heavy atom. The molecule has 0 amide bonds. The van der Waals surface area contributed by atoms with E-state index in [1.54, 1.807) is 0 Å². The van der Waals surface area contributed by atoms with Gasteiger partial charge in [-0.2, -0.15) is 0 Å². The van der Waals surface area contributed by atoms with Gasteiger partial charge in [-0.1, -0.05) is 142 Å². The van der Waals surface area contributed by atoms with Crippen molar-refractivity contribution in [3.63, 3.8) is 0 Å². The number of esters is 2. The third-order valence-electron chi connectivity index (χ3n) is 7.76. The second-order valence-corrected chi connectivity index (χ2v) is 13.7. The van der Waals surface area contributed by atoms with Crippen LogP contribution >= 0.6 is 7.82 Å². The van der Waals surface area contributed by atoms with Crippen LogP contribution in [0.15, 0.2) is 0 Å². The molecule has 0 bridgehead atoms. The second-order valence-electron chi connectivity index (χ2n) is 12.3. The van der Waals surface area contributed by atoms with Gasteiger partial charge in [0.15, 0.2) is 6.10 Å². The molecule has 46 heavy (non-hydrogen) atoms. The Morgan fingerprint density at radius 1 is 0.587 bits per heavy atom. The van der Waals surface area contributed by atoms with Gasteiger partial charge in [-0.3, -0.25) is 18.6 Å². The van der Waals surface area contributed by atoms with Crippen LogP contribution in [0.3, 0.4) is 0 Å². The average molecular weight is 690 g/mol. The summed E-state index contributed by atoms with van der Waals surface area (Å²) in [5.41, 5.74) is 0. The van der Waals surface area contributed by atoms with Crippen LogP contribution < -0.4 is 0 Å². The quantitative estimate of drug-likeness (QED) is 0.0263. The van der Waals surface area contributed by atoms with Crippen LogP contribution in [0.2, 0.25) is 0 Å². The molecule has 0 rings (SSSR count). The van der Waals surface area contributed by atoms with E-state index in [-0.39, 0.29) is 49.0 Å². The standard InChI is InChI=1S/C34H67O10P.Na/c1-3-5-7-9-11-13-15-17-19-21-23-25-33(37)41-29-32(30-43-45(39,40)42-28-31(36)27-35)44-34(38)26-24-22-20-18-16-14-12-10-8-6-4-2;/h31-32,35-36H,3-30H2,1-2H3,(H,39,40);/t31?,32-;/m1./s1. The minimum Gasteiger partial charge on any atom is -0.462 e. The van der Waals surface area contributed by atoms with Crippen LogP contribution in [0.1, 0.15) is 168 Å². The largest absolute Gasteiger partial charge is 0.472 e. The molecule has 10 nitrogen and oxygen atoms in total. The Balaban J connectivity index is 0. The molecule has 0 aliphatic rings. The Hall–Kier alpha value is -0.0300. The number of aliphatic hydroxyl groups is 2. The first kappa shape index (κ1) is 48.1. The number of phosphoric acid groups is 1. The zero-order valence-corrected chi connectivity index (χ0v) is 32.5. The van der Waals surface area contributed by atoms with Gasteiger partial charge in [0.1, 0.15) is 12.7 Å². The van der Waals surface area contributed by atoms with E-state index in [9.17, 15) is 24.2 Å². The van der Waals surface area contributed by atoms with Crippen LogP contribution in [-0.2, 0) is 32.7 Å². The first-order chi connectivity index (χ1) is 21.7. The maximum atomic E-state index is 12.5. The third kappa shape index (κ3) is 33.9. The molecule has 0 saturated heterocycles. The molecule has 0 aromatic heterocycles. The maximum Gasteiger partial charge on any atom is 0.472 e. The minimum absolute atomic E-state index is 0. The van der Waals surface area contributed by atoms with Gasteiger partial charge in [0, 0.05) is 42.4 Å². The van der Waals surface area contributed by atoms with Crippen LogP contribution in [0, 0.1) is 0 Å². The molecule has 0 saturated carbocycles. The van der Waals surface area contributed by atoms with Crippen LogP contribution in [0.25, 0.3) is 0 Å². The number of ether oxygens (including phenoxy) is 2. The van der Waals surface area contributed by atoms with Gasteiger partial charge in [0.2, 0.25) is 0 Å². The van der Waals surface area contributed by atoms with Gasteiger partial charge in [-0.05, 0) is 12.8 Å². The normalized spacial score (nSPS) is 13.8. The SMILES string of the molecule is CCCCCCCCCCCCCC(=O)OC[C@H](COP(=O)(O)OCC(O)CO)OC(=O)CCCCCCCCCCCCC.[Na]. The Labute approximate surface area is 302 Å². The van der Waals surface area contributed by atoms with Gasteiger partial charge in [0.25, 0.3) is 0 Å². The smallest absolute Gasteiger partial charge is 0.462 e. The summed E-state index contributed by atoms with van der Waals surface area (Å²) < 4.78 is 32.5. The fraction of sp³-hybridized carbons (Fsp3) is 0.941. The van der Waals surface area contributed by atoms with Gasteiger partial charge < -0.3 is 24.6 Å². The number of rotatable bonds is 34. The molecule has 3 atom stereocenters. The topological polar surface area (TPSA) is 149 Å². The van der Waals surface area contributed by atoms with Crippen LogP contribution in [-0.4, -0.2) is 95.2 Å². The molecular formula is C34H67NaO10P. The van der Waals surface area contributed by atoms with E-state index in [0.717, 1.165) is 38.5 Å². The second kappa shape index (κ2) is 34.8. The first-order valence-corrected chi connectivity index (χ1v) is 19.5. The molecule has 0 aliphatic heterocycles. The van der Waals surface area contributed by atoms with Crippen LogP contribution in [0.4, 0.5) is 0 Å². The van der Waals surface area contributed by atoms with E-state index in [0.29, 0.717) is 12.8 Å². The third-order valence-corrected chi connectivity index (χ3v) is 8.71. The number of carbonyl (C=O) groups excluding carboxylic acids is 2. The van der Waals surface area contributed by atoms with Crippen molar-refractivity contribution in [3.05, 3.63) is 0 Å². The minimum atomic E-state index is -4.60. The predicted molar refractivity (Wildman–Crippen MR) is 184 cm³/mol. The van der Waals surface area contributed by atoms with E-state index in [1.807, 2.05) is 0 Å². The van der Waals surface area contributed by atoms with Gasteiger partial charge in [-0.25, -0.2) is 4.57 Å². The summed E-state index contributed by atoms with van der Waals surface area (Å²) in [5, 5.41) is 18.2. The monoisotopic (exact) mass is 689 g/mol. The number of unbranched alkanes of at least 4 members (excludes halogenated alkanes) is 20. The van der Waals surface area contributed by atoms with Crippen molar-refractivity contribution in [1.82, 2.24) is 0 Å². The van der Waals surface area contributed by atoms with Gasteiger partial charge >= 0.3 is 19.8 Å². The molecule has 0 heterocycles. The number of phosphoric ester groups is 1. The Kier molecular flexibility index (Phi) is 36.4. The molecule has 3 N–H and O–H groups in total. The van der Waals surface area contributed by atoms with Crippen molar-refractivity contribution in [2.75, 3.05) is 26.4 Å². The van der Waals surface area contributed by atoms with E-state index in [4.69, 9.17) is 19.1 Å². The number of hydrogen-bond donors (Lipinski definition) is 3. The summed E-state index contributed by atoms with van der Waals surface area (Å²) in [6.07, 6.45) is 23.6. The molecule has 2 unspecified atom stereocenters. The predicted octanol–water partition coefficient (Wildman–Crippen LogP) is 7.95. The fourth-order valence-electron chi connectivity index (χ4n) is 4.93. The average Bonchev–Trinajstić information content (AvgIpc) is 3.02. The summed E-state index contributed by atoms with van der Waals surface area (Å²) in [6, 6.07) is 0. The molecular weight excluding hydrogens is 622 g/mol. The van der Waals surface area contributed by atoms with Crippen molar-refractivity contribution in [3.8, 4) is 0 Å². The fourth-order valence-corrected chi connectivity index (χ4v) is 5.72. The van der Waals surface area contributed by atoms with Crippen molar-refractivity contribution in [1.29, 1.82) is 0 Å².